The number of primary amides is 1. The zero-order valence-electron chi connectivity index (χ0n) is 12.1. The Kier molecular flexibility index (Phi) is 6.44. The van der Waals surface area contributed by atoms with Crippen molar-refractivity contribution in [3.63, 3.8) is 0 Å². The number of carbonyl (C=O) groups is 3. The Morgan fingerprint density at radius 3 is 2.75 bits per heavy atom. The van der Waals surface area contributed by atoms with Gasteiger partial charge in [0.05, 0.1) is 0 Å². The lowest BCUT2D eigenvalue weighted by Gasteiger charge is -2.24. The molecular weight excluding hydrogens is 262 g/mol. The summed E-state index contributed by atoms with van der Waals surface area (Å²) in [6.07, 6.45) is 2.12. The second kappa shape index (κ2) is 7.84. The Hall–Kier alpha value is -1.63. The minimum absolute atomic E-state index is 0.104. The van der Waals surface area contributed by atoms with E-state index in [2.05, 4.69) is 5.32 Å². The van der Waals surface area contributed by atoms with E-state index in [0.29, 0.717) is 19.4 Å². The van der Waals surface area contributed by atoms with E-state index in [0.717, 1.165) is 6.42 Å². The van der Waals surface area contributed by atoms with Gasteiger partial charge in [-0.15, -0.1) is 0 Å². The zero-order valence-corrected chi connectivity index (χ0v) is 12.1. The Bertz CT molecular complexity index is 373. The van der Waals surface area contributed by atoms with Gasteiger partial charge in [0.1, 0.15) is 12.8 Å². The fourth-order valence-corrected chi connectivity index (χ4v) is 2.22. The third-order valence-electron chi connectivity index (χ3n) is 3.54. The highest BCUT2D eigenvalue weighted by Gasteiger charge is 2.33. The van der Waals surface area contributed by atoms with Gasteiger partial charge in [-0.2, -0.15) is 0 Å². The molecule has 1 fully saturated rings. The molecule has 0 aromatic heterocycles. The first-order valence-electron chi connectivity index (χ1n) is 6.82. The molecule has 114 valence electrons. The molecule has 7 heteroatoms. The highest BCUT2D eigenvalue weighted by atomic mass is 16.5. The van der Waals surface area contributed by atoms with Crippen molar-refractivity contribution in [2.24, 2.45) is 11.7 Å². The standard InChI is InChI=1S/C13H23N3O4/c1-9(12(14)18)5-6-11(17)16-7-3-4-10(16)13(19)15-8-20-2/h9-10H,3-8H2,1-2H3,(H2,14,18)(H,15,19). The number of ether oxygens (including phenoxy) is 1. The van der Waals surface area contributed by atoms with Crippen LogP contribution >= 0.6 is 0 Å². The Balaban J connectivity index is 2.49. The first-order valence-corrected chi connectivity index (χ1v) is 6.82. The molecule has 2 unspecified atom stereocenters. The molecule has 0 aliphatic carbocycles. The number of nitrogens with one attached hydrogen (secondary N) is 1. The lowest BCUT2D eigenvalue weighted by atomic mass is 10.0. The molecule has 2 atom stereocenters. The quantitative estimate of drug-likeness (QED) is 0.621. The number of nitrogens with two attached hydrogens (primary N) is 1. The van der Waals surface area contributed by atoms with E-state index < -0.39 is 11.9 Å². The van der Waals surface area contributed by atoms with E-state index in [1.54, 1.807) is 11.8 Å². The van der Waals surface area contributed by atoms with Crippen molar-refractivity contribution >= 4 is 17.7 Å². The third-order valence-corrected chi connectivity index (χ3v) is 3.54. The minimum Gasteiger partial charge on any atom is -0.369 e. The van der Waals surface area contributed by atoms with Crippen molar-refractivity contribution in [2.45, 2.75) is 38.6 Å². The molecule has 3 N–H and O–H groups in total. The second-order valence-electron chi connectivity index (χ2n) is 5.06. The van der Waals surface area contributed by atoms with Crippen LogP contribution in [-0.4, -0.2) is 49.0 Å². The van der Waals surface area contributed by atoms with Crippen molar-refractivity contribution in [2.75, 3.05) is 20.4 Å². The summed E-state index contributed by atoms with van der Waals surface area (Å²) in [5.74, 6) is -1.04. The molecule has 1 saturated heterocycles. The molecule has 0 bridgehead atoms. The monoisotopic (exact) mass is 285 g/mol. The van der Waals surface area contributed by atoms with E-state index in [-0.39, 0.29) is 30.9 Å². The van der Waals surface area contributed by atoms with Crippen LogP contribution in [0.5, 0.6) is 0 Å². The van der Waals surface area contributed by atoms with Gasteiger partial charge in [-0.3, -0.25) is 14.4 Å². The summed E-state index contributed by atoms with van der Waals surface area (Å²) in [4.78, 5) is 36.6. The summed E-state index contributed by atoms with van der Waals surface area (Å²) in [6, 6.07) is -0.429. The van der Waals surface area contributed by atoms with Crippen molar-refractivity contribution in [1.29, 1.82) is 0 Å². The minimum atomic E-state index is -0.429. The molecule has 0 saturated carbocycles. The van der Waals surface area contributed by atoms with Gasteiger partial charge in [-0.25, -0.2) is 0 Å². The maximum atomic E-state index is 12.1. The van der Waals surface area contributed by atoms with Crippen molar-refractivity contribution < 1.29 is 19.1 Å². The second-order valence-corrected chi connectivity index (χ2v) is 5.06. The van der Waals surface area contributed by atoms with Crippen LogP contribution < -0.4 is 11.1 Å². The number of amides is 3. The Morgan fingerprint density at radius 1 is 1.45 bits per heavy atom. The van der Waals surface area contributed by atoms with Crippen molar-refractivity contribution in [1.82, 2.24) is 10.2 Å². The molecule has 1 aliphatic rings. The van der Waals surface area contributed by atoms with Crippen LogP contribution in [0.15, 0.2) is 0 Å². The van der Waals surface area contributed by atoms with Gasteiger partial charge in [0, 0.05) is 26.0 Å². The fourth-order valence-electron chi connectivity index (χ4n) is 2.22. The van der Waals surface area contributed by atoms with Crippen LogP contribution in [0, 0.1) is 5.92 Å². The maximum Gasteiger partial charge on any atom is 0.244 e. The van der Waals surface area contributed by atoms with E-state index in [1.165, 1.54) is 7.11 Å². The molecule has 0 aromatic carbocycles. The van der Waals surface area contributed by atoms with E-state index in [9.17, 15) is 14.4 Å². The van der Waals surface area contributed by atoms with E-state index in [4.69, 9.17) is 10.5 Å². The van der Waals surface area contributed by atoms with Crippen LogP contribution in [0.3, 0.4) is 0 Å². The van der Waals surface area contributed by atoms with Crippen LogP contribution in [0.25, 0.3) is 0 Å². The number of carbonyl (C=O) groups excluding carboxylic acids is 3. The lowest BCUT2D eigenvalue weighted by molar-refractivity contribution is -0.139. The van der Waals surface area contributed by atoms with Gasteiger partial charge < -0.3 is 20.7 Å². The molecule has 3 amide bonds. The predicted molar refractivity (Wildman–Crippen MR) is 72.3 cm³/mol. The number of nitrogens with zero attached hydrogens (tertiary/aromatic N) is 1. The largest absolute Gasteiger partial charge is 0.369 e. The van der Waals surface area contributed by atoms with Crippen molar-refractivity contribution in [3.8, 4) is 0 Å². The SMILES string of the molecule is COCNC(=O)C1CCCN1C(=O)CCC(C)C(N)=O. The van der Waals surface area contributed by atoms with Gasteiger partial charge in [0.15, 0.2) is 0 Å². The van der Waals surface area contributed by atoms with Gasteiger partial charge in [-0.05, 0) is 19.3 Å². The summed E-state index contributed by atoms with van der Waals surface area (Å²) >= 11 is 0. The summed E-state index contributed by atoms with van der Waals surface area (Å²) in [6.45, 7) is 2.41. The number of likely N-dealkylation sites (tertiary alicyclic amines) is 1. The first kappa shape index (κ1) is 16.4. The molecule has 0 aromatic rings. The number of hydrogen-bond donors (Lipinski definition) is 2. The Labute approximate surface area is 118 Å². The molecule has 20 heavy (non-hydrogen) atoms. The van der Waals surface area contributed by atoms with Gasteiger partial charge in [-0.1, -0.05) is 6.92 Å². The number of hydrogen-bond acceptors (Lipinski definition) is 4. The van der Waals surface area contributed by atoms with Crippen LogP contribution in [0.1, 0.15) is 32.6 Å². The molecule has 7 nitrogen and oxygen atoms in total. The average molecular weight is 285 g/mol. The van der Waals surface area contributed by atoms with E-state index in [1.807, 2.05) is 0 Å². The maximum absolute atomic E-state index is 12.1. The Morgan fingerprint density at radius 2 is 2.15 bits per heavy atom. The lowest BCUT2D eigenvalue weighted by Crippen LogP contribution is -2.46. The summed E-state index contributed by atoms with van der Waals surface area (Å²) < 4.78 is 4.79. The smallest absolute Gasteiger partial charge is 0.244 e. The number of methoxy groups -OCH3 is 1. The summed E-state index contributed by atoms with van der Waals surface area (Å²) in [5, 5.41) is 2.61. The molecular formula is C13H23N3O4. The predicted octanol–water partition coefficient (Wildman–Crippen LogP) is -0.401. The highest BCUT2D eigenvalue weighted by molar-refractivity contribution is 5.88. The van der Waals surface area contributed by atoms with Gasteiger partial charge >= 0.3 is 0 Å². The number of rotatable bonds is 7. The van der Waals surface area contributed by atoms with Gasteiger partial charge in [0.25, 0.3) is 0 Å². The topological polar surface area (TPSA) is 102 Å². The summed E-state index contributed by atoms with van der Waals surface area (Å²) in [7, 11) is 1.49. The molecule has 0 radical (unpaired) electrons. The van der Waals surface area contributed by atoms with Gasteiger partial charge in [0.2, 0.25) is 17.7 Å². The first-order chi connectivity index (χ1) is 9.47. The van der Waals surface area contributed by atoms with Crippen molar-refractivity contribution in [3.05, 3.63) is 0 Å². The van der Waals surface area contributed by atoms with Crippen LogP contribution in [-0.2, 0) is 19.1 Å². The molecule has 1 aliphatic heterocycles. The summed E-state index contributed by atoms with van der Waals surface area (Å²) in [5.41, 5.74) is 5.16. The van der Waals surface area contributed by atoms with Crippen LogP contribution in [0.4, 0.5) is 0 Å². The average Bonchev–Trinajstić information content (AvgIpc) is 2.90. The molecule has 1 rings (SSSR count). The highest BCUT2D eigenvalue weighted by Crippen LogP contribution is 2.19. The normalized spacial score (nSPS) is 19.7. The van der Waals surface area contributed by atoms with Crippen LogP contribution in [0.2, 0.25) is 0 Å². The molecule has 1 heterocycles. The third kappa shape index (κ3) is 4.48. The zero-order chi connectivity index (χ0) is 15.1. The molecule has 0 spiro atoms. The fraction of sp³-hybridized carbons (Fsp3) is 0.769. The van der Waals surface area contributed by atoms with E-state index >= 15 is 0 Å².